The summed E-state index contributed by atoms with van der Waals surface area (Å²) < 4.78 is 0. The van der Waals surface area contributed by atoms with Gasteiger partial charge in [0, 0.05) is 11.4 Å². The highest BCUT2D eigenvalue weighted by molar-refractivity contribution is 6.31. The second-order valence-corrected chi connectivity index (χ2v) is 3.46. The summed E-state index contributed by atoms with van der Waals surface area (Å²) >= 11 is 5.81. The number of rotatable bonds is 1. The molecule has 1 aromatic heterocycles. The van der Waals surface area contributed by atoms with E-state index in [9.17, 15) is 4.79 Å². The van der Waals surface area contributed by atoms with E-state index in [0.29, 0.717) is 28.2 Å². The van der Waals surface area contributed by atoms with Gasteiger partial charge in [0.25, 0.3) is 5.56 Å². The van der Waals surface area contributed by atoms with E-state index in [1.54, 1.807) is 18.2 Å². The standard InChI is InChI=1S/C10H9ClN2O/c1-2-9-12-8-5-6(11)3-4-7(8)10(14)13-9/h3-5H,2H2,1H3,(H,12,13,14). The Labute approximate surface area is 85.7 Å². The highest BCUT2D eigenvalue weighted by Crippen LogP contribution is 2.14. The van der Waals surface area contributed by atoms with Gasteiger partial charge >= 0.3 is 0 Å². The molecule has 72 valence electrons. The number of H-pyrrole nitrogens is 1. The van der Waals surface area contributed by atoms with Crippen LogP contribution in [0.3, 0.4) is 0 Å². The van der Waals surface area contributed by atoms with Gasteiger partial charge in [0.15, 0.2) is 0 Å². The van der Waals surface area contributed by atoms with E-state index >= 15 is 0 Å². The smallest absolute Gasteiger partial charge is 0.258 e. The van der Waals surface area contributed by atoms with Crippen molar-refractivity contribution in [2.24, 2.45) is 0 Å². The van der Waals surface area contributed by atoms with E-state index in [-0.39, 0.29) is 5.56 Å². The van der Waals surface area contributed by atoms with Gasteiger partial charge in [-0.2, -0.15) is 0 Å². The fourth-order valence-corrected chi connectivity index (χ4v) is 1.49. The van der Waals surface area contributed by atoms with Gasteiger partial charge < -0.3 is 4.98 Å². The summed E-state index contributed by atoms with van der Waals surface area (Å²) in [5, 5.41) is 1.17. The van der Waals surface area contributed by atoms with Crippen molar-refractivity contribution in [2.75, 3.05) is 0 Å². The molecule has 0 saturated carbocycles. The molecule has 0 spiro atoms. The molecule has 0 fully saturated rings. The molecule has 0 radical (unpaired) electrons. The van der Waals surface area contributed by atoms with Crippen molar-refractivity contribution >= 4 is 22.5 Å². The zero-order chi connectivity index (χ0) is 10.1. The maximum absolute atomic E-state index is 11.5. The Kier molecular flexibility index (Phi) is 2.25. The van der Waals surface area contributed by atoms with Gasteiger partial charge in [0.2, 0.25) is 0 Å². The number of nitrogens with one attached hydrogen (secondary N) is 1. The van der Waals surface area contributed by atoms with Gasteiger partial charge in [-0.15, -0.1) is 0 Å². The lowest BCUT2D eigenvalue weighted by Crippen LogP contribution is -2.11. The van der Waals surface area contributed by atoms with Crippen molar-refractivity contribution in [2.45, 2.75) is 13.3 Å². The summed E-state index contributed by atoms with van der Waals surface area (Å²) in [6.07, 6.45) is 0.706. The molecular formula is C10H9ClN2O. The lowest BCUT2D eigenvalue weighted by Gasteiger charge is -2.00. The van der Waals surface area contributed by atoms with E-state index in [0.717, 1.165) is 0 Å². The Hall–Kier alpha value is -1.35. The third-order valence-electron chi connectivity index (χ3n) is 2.05. The maximum Gasteiger partial charge on any atom is 0.258 e. The second-order valence-electron chi connectivity index (χ2n) is 3.03. The Bertz CT molecular complexity index is 533. The molecule has 0 aliphatic rings. The topological polar surface area (TPSA) is 45.8 Å². The van der Waals surface area contributed by atoms with Crippen molar-refractivity contribution in [1.82, 2.24) is 9.97 Å². The van der Waals surface area contributed by atoms with Crippen LogP contribution >= 0.6 is 11.6 Å². The van der Waals surface area contributed by atoms with Crippen LogP contribution in [-0.2, 0) is 6.42 Å². The molecule has 3 nitrogen and oxygen atoms in total. The molecule has 14 heavy (non-hydrogen) atoms. The molecule has 0 amide bonds. The fourth-order valence-electron chi connectivity index (χ4n) is 1.33. The number of aromatic amines is 1. The number of halogens is 1. The van der Waals surface area contributed by atoms with Crippen LogP contribution in [0, 0.1) is 0 Å². The molecule has 0 saturated heterocycles. The number of hydrogen-bond acceptors (Lipinski definition) is 2. The van der Waals surface area contributed by atoms with Crippen LogP contribution in [0.2, 0.25) is 5.02 Å². The van der Waals surface area contributed by atoms with E-state index in [1.165, 1.54) is 0 Å². The first-order valence-corrected chi connectivity index (χ1v) is 4.77. The lowest BCUT2D eigenvalue weighted by molar-refractivity contribution is 0.944. The molecular weight excluding hydrogens is 200 g/mol. The largest absolute Gasteiger partial charge is 0.310 e. The van der Waals surface area contributed by atoms with Gasteiger partial charge in [0.05, 0.1) is 10.9 Å². The molecule has 0 atom stereocenters. The van der Waals surface area contributed by atoms with Gasteiger partial charge in [-0.25, -0.2) is 4.98 Å². The summed E-state index contributed by atoms with van der Waals surface area (Å²) in [7, 11) is 0. The van der Waals surface area contributed by atoms with Crippen molar-refractivity contribution < 1.29 is 0 Å². The molecule has 0 bridgehead atoms. The molecule has 4 heteroatoms. The highest BCUT2D eigenvalue weighted by Gasteiger charge is 2.02. The molecule has 2 aromatic rings. The average molecular weight is 209 g/mol. The third kappa shape index (κ3) is 1.51. The number of fused-ring (bicyclic) bond motifs is 1. The van der Waals surface area contributed by atoms with E-state index in [1.807, 2.05) is 6.92 Å². The predicted molar refractivity (Wildman–Crippen MR) is 56.8 cm³/mol. The fraction of sp³-hybridized carbons (Fsp3) is 0.200. The first-order valence-electron chi connectivity index (χ1n) is 4.39. The molecule has 1 N–H and O–H groups in total. The number of aryl methyl sites for hydroxylation is 1. The van der Waals surface area contributed by atoms with Crippen LogP contribution in [0.4, 0.5) is 0 Å². The van der Waals surface area contributed by atoms with Gasteiger partial charge in [-0.05, 0) is 18.2 Å². The number of nitrogens with zero attached hydrogens (tertiary/aromatic N) is 1. The summed E-state index contributed by atoms with van der Waals surface area (Å²) in [5.74, 6) is 0.685. The van der Waals surface area contributed by atoms with Crippen LogP contribution in [0.25, 0.3) is 10.9 Å². The van der Waals surface area contributed by atoms with E-state index in [4.69, 9.17) is 11.6 Å². The average Bonchev–Trinajstić information content (AvgIpc) is 2.16. The zero-order valence-electron chi connectivity index (χ0n) is 7.67. The monoisotopic (exact) mass is 208 g/mol. The maximum atomic E-state index is 11.5. The van der Waals surface area contributed by atoms with Gasteiger partial charge in [0.1, 0.15) is 5.82 Å². The Morgan fingerprint density at radius 1 is 1.50 bits per heavy atom. The van der Waals surface area contributed by atoms with E-state index in [2.05, 4.69) is 9.97 Å². The molecule has 0 aliphatic carbocycles. The van der Waals surface area contributed by atoms with Crippen molar-refractivity contribution in [3.63, 3.8) is 0 Å². The zero-order valence-corrected chi connectivity index (χ0v) is 8.43. The van der Waals surface area contributed by atoms with Crippen LogP contribution in [0.15, 0.2) is 23.0 Å². The number of hydrogen-bond donors (Lipinski definition) is 1. The summed E-state index contributed by atoms with van der Waals surface area (Å²) in [6.45, 7) is 1.94. The normalized spacial score (nSPS) is 10.7. The van der Waals surface area contributed by atoms with E-state index < -0.39 is 0 Å². The van der Waals surface area contributed by atoms with Crippen molar-refractivity contribution in [3.8, 4) is 0 Å². The molecule has 1 heterocycles. The van der Waals surface area contributed by atoms with Crippen molar-refractivity contribution in [1.29, 1.82) is 0 Å². The lowest BCUT2D eigenvalue weighted by atomic mass is 10.2. The first-order chi connectivity index (χ1) is 6.70. The highest BCUT2D eigenvalue weighted by atomic mass is 35.5. The number of benzene rings is 1. The summed E-state index contributed by atoms with van der Waals surface area (Å²) in [6, 6.07) is 5.07. The third-order valence-corrected chi connectivity index (χ3v) is 2.29. The Morgan fingerprint density at radius 3 is 3.00 bits per heavy atom. The van der Waals surface area contributed by atoms with Gasteiger partial charge in [-0.1, -0.05) is 18.5 Å². The van der Waals surface area contributed by atoms with Gasteiger partial charge in [-0.3, -0.25) is 4.79 Å². The van der Waals surface area contributed by atoms with Crippen LogP contribution in [0.1, 0.15) is 12.7 Å². The Morgan fingerprint density at radius 2 is 2.29 bits per heavy atom. The van der Waals surface area contributed by atoms with Crippen LogP contribution < -0.4 is 5.56 Å². The summed E-state index contributed by atoms with van der Waals surface area (Å²) in [4.78, 5) is 18.5. The molecule has 0 unspecified atom stereocenters. The molecule has 2 rings (SSSR count). The molecule has 0 aliphatic heterocycles. The van der Waals surface area contributed by atoms with Crippen molar-refractivity contribution in [3.05, 3.63) is 39.4 Å². The first kappa shape index (κ1) is 9.21. The Balaban J connectivity index is 2.84. The SMILES string of the molecule is CCc1nc2cc(Cl)ccc2c(=O)[nH]1. The summed E-state index contributed by atoms with van der Waals surface area (Å²) in [5.41, 5.74) is 0.543. The minimum Gasteiger partial charge on any atom is -0.310 e. The predicted octanol–water partition coefficient (Wildman–Crippen LogP) is 2.14. The van der Waals surface area contributed by atoms with Crippen LogP contribution in [-0.4, -0.2) is 9.97 Å². The number of aromatic nitrogens is 2. The second kappa shape index (κ2) is 3.42. The minimum absolute atomic E-state index is 0.108. The minimum atomic E-state index is -0.108. The van der Waals surface area contributed by atoms with Crippen LogP contribution in [0.5, 0.6) is 0 Å². The molecule has 1 aromatic carbocycles. The quantitative estimate of drug-likeness (QED) is 0.781.